The number of aliphatic hydroxyl groups is 1. The van der Waals surface area contributed by atoms with Crippen LogP contribution in [0.4, 0.5) is 0 Å². The summed E-state index contributed by atoms with van der Waals surface area (Å²) in [5, 5.41) is 9.37. The second-order valence-corrected chi connectivity index (χ2v) is 4.14. The molecule has 0 aromatic heterocycles. The molecular weight excluding hydrogens is 166 g/mol. The van der Waals surface area contributed by atoms with Gasteiger partial charge in [-0.05, 0) is 25.7 Å². The molecule has 2 rings (SSSR count). The monoisotopic (exact) mass is 185 g/mol. The van der Waals surface area contributed by atoms with Gasteiger partial charge in [-0.3, -0.25) is 4.90 Å². The average molecular weight is 185 g/mol. The zero-order valence-electron chi connectivity index (χ0n) is 8.11. The normalized spacial score (nSPS) is 33.5. The Morgan fingerprint density at radius 2 is 1.92 bits per heavy atom. The van der Waals surface area contributed by atoms with Crippen molar-refractivity contribution in [1.29, 1.82) is 0 Å². The second-order valence-electron chi connectivity index (χ2n) is 4.14. The highest BCUT2D eigenvalue weighted by Crippen LogP contribution is 2.18. The maximum atomic E-state index is 9.37. The lowest BCUT2D eigenvalue weighted by Crippen LogP contribution is -2.46. The van der Waals surface area contributed by atoms with E-state index >= 15 is 0 Å². The maximum Gasteiger partial charge on any atom is 0.0621 e. The molecule has 0 bridgehead atoms. The van der Waals surface area contributed by atoms with E-state index in [0.717, 1.165) is 39.1 Å². The van der Waals surface area contributed by atoms with Gasteiger partial charge in [0.25, 0.3) is 0 Å². The quantitative estimate of drug-likeness (QED) is 0.650. The van der Waals surface area contributed by atoms with Crippen molar-refractivity contribution in [3.63, 3.8) is 0 Å². The van der Waals surface area contributed by atoms with Crippen molar-refractivity contribution in [2.45, 2.75) is 37.8 Å². The van der Waals surface area contributed by atoms with Crippen LogP contribution in [0.1, 0.15) is 25.7 Å². The van der Waals surface area contributed by atoms with Crippen LogP contribution in [0.2, 0.25) is 0 Å². The van der Waals surface area contributed by atoms with Crippen LogP contribution in [-0.4, -0.2) is 48.5 Å². The SMILES string of the molecule is OC1CCN(C2CCCOC2)CC1. The van der Waals surface area contributed by atoms with Gasteiger partial charge >= 0.3 is 0 Å². The van der Waals surface area contributed by atoms with Gasteiger partial charge in [-0.15, -0.1) is 0 Å². The summed E-state index contributed by atoms with van der Waals surface area (Å²) in [6.45, 7) is 3.94. The van der Waals surface area contributed by atoms with Crippen molar-refractivity contribution in [3.8, 4) is 0 Å². The topological polar surface area (TPSA) is 32.7 Å². The summed E-state index contributed by atoms with van der Waals surface area (Å²) in [7, 11) is 0. The molecule has 0 saturated carbocycles. The number of nitrogens with zero attached hydrogens (tertiary/aromatic N) is 1. The number of likely N-dealkylation sites (tertiary alicyclic amines) is 1. The smallest absolute Gasteiger partial charge is 0.0621 e. The number of ether oxygens (including phenoxy) is 1. The summed E-state index contributed by atoms with van der Waals surface area (Å²) in [5.74, 6) is 0. The Kier molecular flexibility index (Phi) is 3.19. The van der Waals surface area contributed by atoms with Crippen LogP contribution >= 0.6 is 0 Å². The highest BCUT2D eigenvalue weighted by molar-refractivity contribution is 4.79. The maximum absolute atomic E-state index is 9.37. The van der Waals surface area contributed by atoms with Crippen molar-refractivity contribution in [3.05, 3.63) is 0 Å². The largest absolute Gasteiger partial charge is 0.393 e. The zero-order chi connectivity index (χ0) is 9.10. The summed E-state index contributed by atoms with van der Waals surface area (Å²) in [5.41, 5.74) is 0. The predicted octanol–water partition coefficient (Wildman–Crippen LogP) is 0.622. The van der Waals surface area contributed by atoms with E-state index in [0.29, 0.717) is 6.04 Å². The number of hydrogen-bond donors (Lipinski definition) is 1. The first-order chi connectivity index (χ1) is 6.36. The Morgan fingerprint density at radius 1 is 1.15 bits per heavy atom. The van der Waals surface area contributed by atoms with Crippen LogP contribution < -0.4 is 0 Å². The summed E-state index contributed by atoms with van der Waals surface area (Å²) < 4.78 is 5.46. The molecule has 2 aliphatic rings. The van der Waals surface area contributed by atoms with E-state index in [1.54, 1.807) is 0 Å². The Labute approximate surface area is 79.7 Å². The lowest BCUT2D eigenvalue weighted by Gasteiger charge is -2.37. The van der Waals surface area contributed by atoms with Crippen molar-refractivity contribution >= 4 is 0 Å². The van der Waals surface area contributed by atoms with Crippen molar-refractivity contribution in [1.82, 2.24) is 4.90 Å². The average Bonchev–Trinajstić information content (AvgIpc) is 2.20. The fourth-order valence-corrected chi connectivity index (χ4v) is 2.26. The predicted molar refractivity (Wildman–Crippen MR) is 50.7 cm³/mol. The lowest BCUT2D eigenvalue weighted by molar-refractivity contribution is -0.00857. The minimum absolute atomic E-state index is 0.0549. The molecule has 0 amide bonds. The zero-order valence-corrected chi connectivity index (χ0v) is 8.11. The molecular formula is C10H19NO2. The molecule has 0 aliphatic carbocycles. The number of rotatable bonds is 1. The molecule has 1 atom stereocenters. The number of piperidine rings is 1. The van der Waals surface area contributed by atoms with E-state index in [2.05, 4.69) is 4.90 Å². The summed E-state index contributed by atoms with van der Waals surface area (Å²) in [4.78, 5) is 2.48. The fraction of sp³-hybridized carbons (Fsp3) is 1.00. The molecule has 3 heteroatoms. The molecule has 2 heterocycles. The van der Waals surface area contributed by atoms with Gasteiger partial charge in [-0.1, -0.05) is 0 Å². The van der Waals surface area contributed by atoms with Gasteiger partial charge in [-0.2, -0.15) is 0 Å². The van der Waals surface area contributed by atoms with E-state index in [9.17, 15) is 5.11 Å². The second kappa shape index (κ2) is 4.40. The summed E-state index contributed by atoms with van der Waals surface area (Å²) in [6, 6.07) is 0.626. The third kappa shape index (κ3) is 2.42. The first-order valence-corrected chi connectivity index (χ1v) is 5.36. The Morgan fingerprint density at radius 3 is 2.54 bits per heavy atom. The molecule has 3 nitrogen and oxygen atoms in total. The van der Waals surface area contributed by atoms with Crippen LogP contribution in [0, 0.1) is 0 Å². The van der Waals surface area contributed by atoms with Crippen molar-refractivity contribution in [2.24, 2.45) is 0 Å². The van der Waals surface area contributed by atoms with Gasteiger partial charge in [0.05, 0.1) is 12.7 Å². The van der Waals surface area contributed by atoms with Crippen LogP contribution in [-0.2, 0) is 4.74 Å². The highest BCUT2D eigenvalue weighted by Gasteiger charge is 2.25. The molecule has 0 radical (unpaired) electrons. The third-order valence-electron chi connectivity index (χ3n) is 3.15. The van der Waals surface area contributed by atoms with Gasteiger partial charge in [-0.25, -0.2) is 0 Å². The molecule has 0 spiro atoms. The molecule has 0 aromatic carbocycles. The van der Waals surface area contributed by atoms with Crippen LogP contribution in [0.15, 0.2) is 0 Å². The fourth-order valence-electron chi connectivity index (χ4n) is 2.26. The molecule has 2 saturated heterocycles. The molecule has 2 fully saturated rings. The van der Waals surface area contributed by atoms with Crippen molar-refractivity contribution in [2.75, 3.05) is 26.3 Å². The minimum atomic E-state index is -0.0549. The van der Waals surface area contributed by atoms with Crippen LogP contribution in [0.3, 0.4) is 0 Å². The van der Waals surface area contributed by atoms with Gasteiger partial charge < -0.3 is 9.84 Å². The van der Waals surface area contributed by atoms with Crippen molar-refractivity contribution < 1.29 is 9.84 Å². The standard InChI is InChI=1S/C10H19NO2/c12-10-3-5-11(6-4-10)9-2-1-7-13-8-9/h9-10,12H,1-8H2. The molecule has 1 unspecified atom stereocenters. The van der Waals surface area contributed by atoms with E-state index < -0.39 is 0 Å². The van der Waals surface area contributed by atoms with Gasteiger partial charge in [0, 0.05) is 25.7 Å². The molecule has 76 valence electrons. The van der Waals surface area contributed by atoms with E-state index in [-0.39, 0.29) is 6.10 Å². The van der Waals surface area contributed by atoms with E-state index in [1.165, 1.54) is 12.8 Å². The highest BCUT2D eigenvalue weighted by atomic mass is 16.5. The lowest BCUT2D eigenvalue weighted by atomic mass is 10.0. The van der Waals surface area contributed by atoms with Gasteiger partial charge in [0.15, 0.2) is 0 Å². The number of aliphatic hydroxyl groups excluding tert-OH is 1. The Hall–Kier alpha value is -0.120. The number of hydrogen-bond acceptors (Lipinski definition) is 3. The third-order valence-corrected chi connectivity index (χ3v) is 3.15. The van der Waals surface area contributed by atoms with E-state index in [4.69, 9.17) is 4.74 Å². The molecule has 0 aromatic rings. The Balaban J connectivity index is 1.79. The van der Waals surface area contributed by atoms with Crippen LogP contribution in [0.5, 0.6) is 0 Å². The molecule has 2 aliphatic heterocycles. The Bertz CT molecular complexity index is 149. The first kappa shape index (κ1) is 9.44. The van der Waals surface area contributed by atoms with Crippen LogP contribution in [0.25, 0.3) is 0 Å². The van der Waals surface area contributed by atoms with E-state index in [1.807, 2.05) is 0 Å². The molecule has 13 heavy (non-hydrogen) atoms. The first-order valence-electron chi connectivity index (χ1n) is 5.36. The molecule has 1 N–H and O–H groups in total. The summed E-state index contributed by atoms with van der Waals surface area (Å²) in [6.07, 6.45) is 4.30. The minimum Gasteiger partial charge on any atom is -0.393 e. The van der Waals surface area contributed by atoms with Gasteiger partial charge in [0.1, 0.15) is 0 Å². The summed E-state index contributed by atoms with van der Waals surface area (Å²) >= 11 is 0. The van der Waals surface area contributed by atoms with Gasteiger partial charge in [0.2, 0.25) is 0 Å².